The second kappa shape index (κ2) is 7.74. The molecule has 1 rings (SSSR count). The molecular weight excluding hydrogens is 248 g/mol. The van der Waals surface area contributed by atoms with Gasteiger partial charge in [-0.05, 0) is 19.3 Å². The van der Waals surface area contributed by atoms with Gasteiger partial charge in [-0.2, -0.15) is 5.26 Å². The Morgan fingerprint density at radius 1 is 1.37 bits per heavy atom. The molecule has 6 heteroatoms. The molecule has 6 nitrogen and oxygen atoms in total. The predicted molar refractivity (Wildman–Crippen MR) is 67.2 cm³/mol. The minimum atomic E-state index is -0.823. The Bertz CT molecular complexity index is 364. The maximum Gasteiger partial charge on any atom is 0.306 e. The van der Waals surface area contributed by atoms with Crippen LogP contribution in [0, 0.1) is 23.2 Å². The largest absolute Gasteiger partial charge is 0.481 e. The summed E-state index contributed by atoms with van der Waals surface area (Å²) in [6.45, 7) is 1.25. The lowest BCUT2D eigenvalue weighted by Gasteiger charge is -2.24. The number of nitrogens with zero attached hydrogens (tertiary/aromatic N) is 2. The molecule has 0 aromatic heterocycles. The summed E-state index contributed by atoms with van der Waals surface area (Å²) in [4.78, 5) is 24.8. The van der Waals surface area contributed by atoms with E-state index in [0.29, 0.717) is 39.0 Å². The molecule has 1 aliphatic carbocycles. The van der Waals surface area contributed by atoms with Crippen LogP contribution in [0.1, 0.15) is 25.7 Å². The number of hydrogen-bond acceptors (Lipinski definition) is 4. The van der Waals surface area contributed by atoms with Gasteiger partial charge in [-0.15, -0.1) is 0 Å². The van der Waals surface area contributed by atoms with Crippen LogP contribution in [0.5, 0.6) is 0 Å². The summed E-state index contributed by atoms with van der Waals surface area (Å²) in [6, 6.07) is 2.02. The van der Waals surface area contributed by atoms with E-state index in [1.54, 1.807) is 12.0 Å². The highest BCUT2D eigenvalue weighted by atomic mass is 16.5. The first-order valence-electron chi connectivity index (χ1n) is 6.47. The summed E-state index contributed by atoms with van der Waals surface area (Å²) >= 11 is 0. The molecule has 0 heterocycles. The van der Waals surface area contributed by atoms with Crippen molar-refractivity contribution in [1.29, 1.82) is 5.26 Å². The number of nitriles is 1. The smallest absolute Gasteiger partial charge is 0.306 e. The van der Waals surface area contributed by atoms with E-state index in [1.165, 1.54) is 0 Å². The normalized spacial score (nSPS) is 21.9. The van der Waals surface area contributed by atoms with Crippen molar-refractivity contribution in [2.75, 3.05) is 26.8 Å². The summed E-state index contributed by atoms with van der Waals surface area (Å²) in [7, 11) is 1.56. The van der Waals surface area contributed by atoms with Crippen molar-refractivity contribution in [1.82, 2.24) is 4.90 Å². The van der Waals surface area contributed by atoms with Crippen LogP contribution >= 0.6 is 0 Å². The fourth-order valence-corrected chi connectivity index (χ4v) is 2.41. The Labute approximate surface area is 112 Å². The van der Waals surface area contributed by atoms with Gasteiger partial charge in [0.05, 0.1) is 25.0 Å². The van der Waals surface area contributed by atoms with Gasteiger partial charge in [0.15, 0.2) is 0 Å². The molecule has 1 saturated carbocycles. The Hall–Kier alpha value is -1.61. The van der Waals surface area contributed by atoms with Crippen LogP contribution in [0.15, 0.2) is 0 Å². The Morgan fingerprint density at radius 3 is 2.58 bits per heavy atom. The van der Waals surface area contributed by atoms with Gasteiger partial charge in [-0.3, -0.25) is 9.59 Å². The van der Waals surface area contributed by atoms with Crippen molar-refractivity contribution in [2.24, 2.45) is 11.8 Å². The van der Waals surface area contributed by atoms with E-state index in [9.17, 15) is 9.59 Å². The molecule has 0 unspecified atom stereocenters. The van der Waals surface area contributed by atoms with Gasteiger partial charge < -0.3 is 14.7 Å². The summed E-state index contributed by atoms with van der Waals surface area (Å²) < 4.78 is 4.95. The molecule has 0 aliphatic heterocycles. The topological polar surface area (TPSA) is 90.6 Å². The Morgan fingerprint density at radius 2 is 2.05 bits per heavy atom. The zero-order valence-electron chi connectivity index (χ0n) is 11.2. The molecule has 1 fully saturated rings. The number of methoxy groups -OCH3 is 1. The number of carboxylic acids is 1. The van der Waals surface area contributed by atoms with Gasteiger partial charge in [0.1, 0.15) is 0 Å². The van der Waals surface area contributed by atoms with Gasteiger partial charge in [-0.25, -0.2) is 0 Å². The summed E-state index contributed by atoms with van der Waals surface area (Å²) in [6.07, 6.45) is 1.86. The predicted octanol–water partition coefficient (Wildman–Crippen LogP) is 0.876. The first kappa shape index (κ1) is 15.4. The molecule has 19 heavy (non-hydrogen) atoms. The SMILES string of the molecule is COCCN(CCC#N)C(=O)[C@@H]1CC[C@H](C(=O)O)C1. The lowest BCUT2D eigenvalue weighted by molar-refractivity contribution is -0.141. The highest BCUT2D eigenvalue weighted by Crippen LogP contribution is 2.32. The standard InChI is InChI=1S/C13H20N2O4/c1-19-8-7-15(6-2-5-14)12(16)10-3-4-11(9-10)13(17)18/h10-11H,2-4,6-9H2,1H3,(H,17,18)/t10-,11+/m1/s1. The summed E-state index contributed by atoms with van der Waals surface area (Å²) in [5.41, 5.74) is 0. The van der Waals surface area contributed by atoms with Crippen LogP contribution in [0.4, 0.5) is 0 Å². The van der Waals surface area contributed by atoms with Gasteiger partial charge in [-0.1, -0.05) is 0 Å². The van der Waals surface area contributed by atoms with Crippen molar-refractivity contribution >= 4 is 11.9 Å². The third kappa shape index (κ3) is 4.52. The zero-order chi connectivity index (χ0) is 14.3. The molecule has 0 saturated heterocycles. The Kier molecular flexibility index (Phi) is 6.30. The maximum atomic E-state index is 12.3. The highest BCUT2D eigenvalue weighted by Gasteiger charge is 2.35. The number of aliphatic carboxylic acids is 1. The number of hydrogen-bond donors (Lipinski definition) is 1. The van der Waals surface area contributed by atoms with E-state index in [1.807, 2.05) is 6.07 Å². The number of carboxylic acid groups (broad SMARTS) is 1. The van der Waals surface area contributed by atoms with Gasteiger partial charge in [0, 0.05) is 26.1 Å². The maximum absolute atomic E-state index is 12.3. The van der Waals surface area contributed by atoms with E-state index in [4.69, 9.17) is 15.1 Å². The van der Waals surface area contributed by atoms with Gasteiger partial charge in [0.25, 0.3) is 0 Å². The minimum Gasteiger partial charge on any atom is -0.481 e. The van der Waals surface area contributed by atoms with E-state index < -0.39 is 11.9 Å². The number of carbonyl (C=O) groups excluding carboxylic acids is 1. The molecule has 1 N–H and O–H groups in total. The van der Waals surface area contributed by atoms with Crippen molar-refractivity contribution in [3.8, 4) is 6.07 Å². The molecule has 0 bridgehead atoms. The Balaban J connectivity index is 2.56. The van der Waals surface area contributed by atoms with Crippen LogP contribution in [0.25, 0.3) is 0 Å². The fraction of sp³-hybridized carbons (Fsp3) is 0.769. The second-order valence-electron chi connectivity index (χ2n) is 4.77. The number of amides is 1. The van der Waals surface area contributed by atoms with E-state index >= 15 is 0 Å². The van der Waals surface area contributed by atoms with E-state index in [0.717, 1.165) is 0 Å². The molecule has 0 aromatic carbocycles. The third-order valence-corrected chi connectivity index (χ3v) is 3.50. The number of rotatable bonds is 7. The quantitative estimate of drug-likeness (QED) is 0.740. The van der Waals surface area contributed by atoms with Crippen molar-refractivity contribution in [3.63, 3.8) is 0 Å². The lowest BCUT2D eigenvalue weighted by atomic mass is 10.0. The summed E-state index contributed by atoms with van der Waals surface area (Å²) in [5, 5.41) is 17.6. The lowest BCUT2D eigenvalue weighted by Crippen LogP contribution is -2.38. The molecule has 1 amide bonds. The van der Waals surface area contributed by atoms with Crippen molar-refractivity contribution in [3.05, 3.63) is 0 Å². The molecular formula is C13H20N2O4. The van der Waals surface area contributed by atoms with Crippen LogP contribution in [0.2, 0.25) is 0 Å². The van der Waals surface area contributed by atoms with Crippen molar-refractivity contribution < 1.29 is 19.4 Å². The molecule has 1 aliphatic rings. The summed E-state index contributed by atoms with van der Waals surface area (Å²) in [5.74, 6) is -1.50. The van der Waals surface area contributed by atoms with Crippen LogP contribution < -0.4 is 0 Å². The minimum absolute atomic E-state index is 0.0453. The number of carbonyl (C=O) groups is 2. The van der Waals surface area contributed by atoms with Crippen LogP contribution in [0.3, 0.4) is 0 Å². The average Bonchev–Trinajstić information content (AvgIpc) is 2.88. The molecule has 0 aromatic rings. The zero-order valence-corrected chi connectivity index (χ0v) is 11.2. The van der Waals surface area contributed by atoms with Gasteiger partial charge in [0.2, 0.25) is 5.91 Å². The average molecular weight is 268 g/mol. The van der Waals surface area contributed by atoms with Crippen molar-refractivity contribution in [2.45, 2.75) is 25.7 Å². The van der Waals surface area contributed by atoms with E-state index in [-0.39, 0.29) is 18.2 Å². The first-order valence-corrected chi connectivity index (χ1v) is 6.47. The monoisotopic (exact) mass is 268 g/mol. The second-order valence-corrected chi connectivity index (χ2v) is 4.77. The van der Waals surface area contributed by atoms with Crippen LogP contribution in [-0.2, 0) is 14.3 Å². The van der Waals surface area contributed by atoms with Crippen LogP contribution in [-0.4, -0.2) is 48.7 Å². The molecule has 0 spiro atoms. The molecule has 0 radical (unpaired) electrons. The van der Waals surface area contributed by atoms with E-state index in [2.05, 4.69) is 0 Å². The highest BCUT2D eigenvalue weighted by molar-refractivity contribution is 5.81. The number of ether oxygens (including phenoxy) is 1. The molecule has 2 atom stereocenters. The molecule has 106 valence electrons. The third-order valence-electron chi connectivity index (χ3n) is 3.50. The van der Waals surface area contributed by atoms with Gasteiger partial charge >= 0.3 is 5.97 Å². The first-order chi connectivity index (χ1) is 9.10. The fourth-order valence-electron chi connectivity index (χ4n) is 2.41.